The largest absolute Gasteiger partial charge is 0.343 e. The van der Waals surface area contributed by atoms with Gasteiger partial charge in [-0.05, 0) is 53.5 Å². The van der Waals surface area contributed by atoms with Gasteiger partial charge in [0, 0.05) is 25.7 Å². The number of aromatic nitrogens is 1. The summed E-state index contributed by atoms with van der Waals surface area (Å²) in [6.45, 7) is 1.84. The molecule has 1 fully saturated rings. The highest BCUT2D eigenvalue weighted by molar-refractivity contribution is 14.1. The molecular formula is C12H15IN2O. The maximum atomic E-state index is 11.4. The smallest absolute Gasteiger partial charge is 0.222 e. The van der Waals surface area contributed by atoms with Crippen LogP contribution in [0.25, 0.3) is 0 Å². The average Bonchev–Trinajstić information content (AvgIpc) is 2.68. The molecule has 0 bridgehead atoms. The Morgan fingerprint density at radius 3 is 2.94 bits per heavy atom. The summed E-state index contributed by atoms with van der Waals surface area (Å²) in [6.07, 6.45) is 5.74. The summed E-state index contributed by atoms with van der Waals surface area (Å²) in [5.74, 6) is 0.320. The second-order valence-corrected chi connectivity index (χ2v) is 5.18. The van der Waals surface area contributed by atoms with Gasteiger partial charge in [-0.15, -0.1) is 0 Å². The van der Waals surface area contributed by atoms with Gasteiger partial charge in [0.05, 0.1) is 0 Å². The normalized spacial score (nSPS) is 15.8. The van der Waals surface area contributed by atoms with Crippen LogP contribution in [0, 0.1) is 3.70 Å². The number of halogens is 1. The fraction of sp³-hybridized carbons (Fsp3) is 0.500. The molecule has 1 aromatic heterocycles. The van der Waals surface area contributed by atoms with Gasteiger partial charge >= 0.3 is 0 Å². The Kier molecular flexibility index (Phi) is 4.15. The van der Waals surface area contributed by atoms with Crippen molar-refractivity contribution in [2.75, 3.05) is 13.1 Å². The second-order valence-electron chi connectivity index (χ2n) is 4.08. The zero-order valence-electron chi connectivity index (χ0n) is 9.16. The van der Waals surface area contributed by atoms with E-state index in [1.165, 1.54) is 5.56 Å². The van der Waals surface area contributed by atoms with E-state index >= 15 is 0 Å². The third-order valence-corrected chi connectivity index (χ3v) is 3.49. The van der Waals surface area contributed by atoms with Crippen molar-refractivity contribution in [2.24, 2.45) is 0 Å². The lowest BCUT2D eigenvalue weighted by Crippen LogP contribution is -2.25. The van der Waals surface area contributed by atoms with Crippen LogP contribution in [0.3, 0.4) is 0 Å². The predicted octanol–water partition coefficient (Wildman–Crippen LogP) is 2.24. The first-order chi connectivity index (χ1) is 7.75. The molecule has 0 atom stereocenters. The molecule has 16 heavy (non-hydrogen) atoms. The van der Waals surface area contributed by atoms with Crippen LogP contribution in [0.2, 0.25) is 0 Å². The van der Waals surface area contributed by atoms with Crippen LogP contribution in [-0.2, 0) is 11.2 Å². The summed E-state index contributed by atoms with van der Waals surface area (Å²) in [5, 5.41) is 0. The molecule has 0 saturated carbocycles. The minimum atomic E-state index is 0.320. The van der Waals surface area contributed by atoms with Gasteiger partial charge in [-0.25, -0.2) is 0 Å². The lowest BCUT2D eigenvalue weighted by Gasteiger charge is -2.14. The first-order valence-electron chi connectivity index (χ1n) is 5.64. The first-order valence-corrected chi connectivity index (χ1v) is 6.72. The van der Waals surface area contributed by atoms with E-state index in [1.807, 2.05) is 17.2 Å². The highest BCUT2D eigenvalue weighted by Crippen LogP contribution is 2.11. The molecule has 2 heterocycles. The number of nitrogens with zero attached hydrogens (tertiary/aromatic N) is 2. The molecule has 2 rings (SSSR count). The number of rotatable bonds is 4. The highest BCUT2D eigenvalue weighted by Gasteiger charge is 2.18. The lowest BCUT2D eigenvalue weighted by molar-refractivity contribution is -0.127. The molecule has 0 aromatic carbocycles. The molecule has 1 aliphatic rings. The molecule has 0 radical (unpaired) electrons. The number of amides is 1. The summed E-state index contributed by atoms with van der Waals surface area (Å²) in [5.41, 5.74) is 1.26. The molecule has 1 amide bonds. The Morgan fingerprint density at radius 2 is 2.31 bits per heavy atom. The van der Waals surface area contributed by atoms with Crippen molar-refractivity contribution in [3.05, 3.63) is 27.6 Å². The van der Waals surface area contributed by atoms with Crippen molar-refractivity contribution in [1.82, 2.24) is 9.88 Å². The van der Waals surface area contributed by atoms with Gasteiger partial charge in [0.1, 0.15) is 3.70 Å². The number of carbonyl (C=O) groups is 1. The number of pyridine rings is 1. The van der Waals surface area contributed by atoms with E-state index < -0.39 is 0 Å². The lowest BCUT2D eigenvalue weighted by atomic mass is 10.1. The zero-order chi connectivity index (χ0) is 11.4. The van der Waals surface area contributed by atoms with Crippen molar-refractivity contribution in [2.45, 2.75) is 25.7 Å². The standard InChI is InChI=1S/C12H15IN2O/c13-11-6-5-10(9-14-11)3-1-7-15-8-2-4-12(15)16/h5-6,9H,1-4,7-8H2. The van der Waals surface area contributed by atoms with Gasteiger partial charge < -0.3 is 4.90 Å². The van der Waals surface area contributed by atoms with Crippen LogP contribution < -0.4 is 0 Å². The van der Waals surface area contributed by atoms with Crippen molar-refractivity contribution < 1.29 is 4.79 Å². The molecule has 1 saturated heterocycles. The summed E-state index contributed by atoms with van der Waals surface area (Å²) in [7, 11) is 0. The zero-order valence-corrected chi connectivity index (χ0v) is 11.3. The number of hydrogen-bond donors (Lipinski definition) is 0. The molecular weight excluding hydrogens is 315 g/mol. The molecule has 3 nitrogen and oxygen atoms in total. The Labute approximate surface area is 109 Å². The minimum absolute atomic E-state index is 0.320. The van der Waals surface area contributed by atoms with Crippen LogP contribution in [0.15, 0.2) is 18.3 Å². The van der Waals surface area contributed by atoms with E-state index in [0.717, 1.165) is 42.5 Å². The number of likely N-dealkylation sites (tertiary alicyclic amines) is 1. The van der Waals surface area contributed by atoms with Gasteiger partial charge in [-0.1, -0.05) is 6.07 Å². The third-order valence-electron chi connectivity index (χ3n) is 2.85. The molecule has 0 N–H and O–H groups in total. The molecule has 4 heteroatoms. The van der Waals surface area contributed by atoms with Crippen LogP contribution in [-0.4, -0.2) is 28.9 Å². The van der Waals surface area contributed by atoms with Crippen molar-refractivity contribution in [3.8, 4) is 0 Å². The SMILES string of the molecule is O=C1CCCN1CCCc1ccc(I)nc1. The summed E-state index contributed by atoms with van der Waals surface area (Å²) < 4.78 is 1.02. The van der Waals surface area contributed by atoms with Crippen LogP contribution >= 0.6 is 22.6 Å². The fourth-order valence-electron chi connectivity index (χ4n) is 1.97. The Bertz CT molecular complexity index is 364. The number of carbonyl (C=O) groups excluding carboxylic acids is 1. The maximum Gasteiger partial charge on any atom is 0.222 e. The van der Waals surface area contributed by atoms with Gasteiger partial charge in [0.15, 0.2) is 0 Å². The van der Waals surface area contributed by atoms with Gasteiger partial charge in [0.25, 0.3) is 0 Å². The first kappa shape index (κ1) is 11.8. The predicted molar refractivity (Wildman–Crippen MR) is 71.1 cm³/mol. The van der Waals surface area contributed by atoms with E-state index in [0.29, 0.717) is 5.91 Å². The van der Waals surface area contributed by atoms with Crippen LogP contribution in [0.4, 0.5) is 0 Å². The monoisotopic (exact) mass is 330 g/mol. The molecule has 86 valence electrons. The Hall–Kier alpha value is -0.650. The molecule has 1 aliphatic heterocycles. The quantitative estimate of drug-likeness (QED) is 0.627. The average molecular weight is 330 g/mol. The van der Waals surface area contributed by atoms with E-state index in [-0.39, 0.29) is 0 Å². The minimum Gasteiger partial charge on any atom is -0.343 e. The van der Waals surface area contributed by atoms with E-state index in [9.17, 15) is 4.79 Å². The second kappa shape index (κ2) is 5.61. The van der Waals surface area contributed by atoms with Gasteiger partial charge in [-0.2, -0.15) is 0 Å². The topological polar surface area (TPSA) is 33.2 Å². The summed E-state index contributed by atoms with van der Waals surface area (Å²) in [4.78, 5) is 17.6. The fourth-order valence-corrected chi connectivity index (χ4v) is 2.29. The van der Waals surface area contributed by atoms with Crippen LogP contribution in [0.1, 0.15) is 24.8 Å². The molecule has 0 spiro atoms. The van der Waals surface area contributed by atoms with Crippen molar-refractivity contribution >= 4 is 28.5 Å². The highest BCUT2D eigenvalue weighted by atomic mass is 127. The van der Waals surface area contributed by atoms with E-state index in [1.54, 1.807) is 0 Å². The van der Waals surface area contributed by atoms with E-state index in [4.69, 9.17) is 0 Å². The van der Waals surface area contributed by atoms with Gasteiger partial charge in [-0.3, -0.25) is 9.78 Å². The number of hydrogen-bond acceptors (Lipinski definition) is 2. The third kappa shape index (κ3) is 3.17. The van der Waals surface area contributed by atoms with E-state index in [2.05, 4.69) is 33.6 Å². The molecule has 1 aromatic rings. The molecule has 0 aliphatic carbocycles. The molecule has 0 unspecified atom stereocenters. The summed E-state index contributed by atoms with van der Waals surface area (Å²) in [6, 6.07) is 4.14. The Balaban J connectivity index is 1.75. The van der Waals surface area contributed by atoms with Gasteiger partial charge in [0.2, 0.25) is 5.91 Å². The van der Waals surface area contributed by atoms with Crippen molar-refractivity contribution in [1.29, 1.82) is 0 Å². The van der Waals surface area contributed by atoms with Crippen LogP contribution in [0.5, 0.6) is 0 Å². The van der Waals surface area contributed by atoms with Crippen molar-refractivity contribution in [3.63, 3.8) is 0 Å². The maximum absolute atomic E-state index is 11.4. The Morgan fingerprint density at radius 1 is 1.44 bits per heavy atom. The number of aryl methyl sites for hydroxylation is 1. The summed E-state index contributed by atoms with van der Waals surface area (Å²) >= 11 is 2.20.